The van der Waals surface area contributed by atoms with Gasteiger partial charge in [-0.15, -0.1) is 0 Å². The van der Waals surface area contributed by atoms with Crippen molar-refractivity contribution in [1.29, 1.82) is 0 Å². The third-order valence-electron chi connectivity index (χ3n) is 3.11. The lowest BCUT2D eigenvalue weighted by Crippen LogP contribution is -2.44. The van der Waals surface area contributed by atoms with Crippen molar-refractivity contribution in [3.8, 4) is 0 Å². The SMILES string of the molecule is O=C(N[C@@H](CO)Cc1ccccc1)[C@@H]1CCCO1. The van der Waals surface area contributed by atoms with E-state index in [1.54, 1.807) is 0 Å². The number of carbonyl (C=O) groups is 1. The third kappa shape index (κ3) is 3.55. The van der Waals surface area contributed by atoms with Crippen LogP contribution >= 0.6 is 0 Å². The standard InChI is InChI=1S/C14H19NO3/c16-10-12(9-11-5-2-1-3-6-11)15-14(17)13-7-4-8-18-13/h1-3,5-6,12-13,16H,4,7-10H2,(H,15,17)/t12-,13+/m1/s1. The summed E-state index contributed by atoms with van der Waals surface area (Å²) in [5.74, 6) is -0.109. The fraction of sp³-hybridized carbons (Fsp3) is 0.500. The van der Waals surface area contributed by atoms with E-state index >= 15 is 0 Å². The minimum Gasteiger partial charge on any atom is -0.394 e. The van der Waals surface area contributed by atoms with Gasteiger partial charge in [-0.2, -0.15) is 0 Å². The predicted molar refractivity (Wildman–Crippen MR) is 68.1 cm³/mol. The molecule has 98 valence electrons. The van der Waals surface area contributed by atoms with Gasteiger partial charge in [0.1, 0.15) is 6.10 Å². The van der Waals surface area contributed by atoms with Gasteiger partial charge in [-0.3, -0.25) is 4.79 Å². The molecular formula is C14H19NO3. The number of aliphatic hydroxyl groups excluding tert-OH is 1. The van der Waals surface area contributed by atoms with Gasteiger partial charge >= 0.3 is 0 Å². The Bertz CT molecular complexity index is 374. The molecule has 0 aromatic heterocycles. The quantitative estimate of drug-likeness (QED) is 0.814. The van der Waals surface area contributed by atoms with Gasteiger partial charge in [0, 0.05) is 6.61 Å². The highest BCUT2D eigenvalue weighted by molar-refractivity contribution is 5.81. The smallest absolute Gasteiger partial charge is 0.249 e. The first-order valence-electron chi connectivity index (χ1n) is 6.36. The first kappa shape index (κ1) is 13.1. The monoisotopic (exact) mass is 249 g/mol. The Morgan fingerprint density at radius 1 is 1.44 bits per heavy atom. The molecular weight excluding hydrogens is 230 g/mol. The molecule has 2 rings (SSSR count). The fourth-order valence-corrected chi connectivity index (χ4v) is 2.14. The maximum absolute atomic E-state index is 11.9. The second-order valence-electron chi connectivity index (χ2n) is 4.58. The van der Waals surface area contributed by atoms with Gasteiger partial charge in [0.15, 0.2) is 0 Å². The molecule has 18 heavy (non-hydrogen) atoms. The molecule has 0 bridgehead atoms. The molecule has 1 aliphatic heterocycles. The summed E-state index contributed by atoms with van der Waals surface area (Å²) in [6.45, 7) is 0.591. The number of rotatable bonds is 5. The lowest BCUT2D eigenvalue weighted by molar-refractivity contribution is -0.131. The predicted octanol–water partition coefficient (Wildman–Crippen LogP) is 0.885. The molecule has 4 heteroatoms. The topological polar surface area (TPSA) is 58.6 Å². The molecule has 1 aliphatic rings. The molecule has 1 amide bonds. The number of ether oxygens (including phenoxy) is 1. The number of hydrogen-bond acceptors (Lipinski definition) is 3. The zero-order valence-electron chi connectivity index (χ0n) is 10.3. The van der Waals surface area contributed by atoms with Crippen LogP contribution in [0.5, 0.6) is 0 Å². The number of aliphatic hydroxyl groups is 1. The molecule has 1 heterocycles. The van der Waals surface area contributed by atoms with E-state index in [1.807, 2.05) is 30.3 Å². The maximum Gasteiger partial charge on any atom is 0.249 e. The fourth-order valence-electron chi connectivity index (χ4n) is 2.14. The van der Waals surface area contributed by atoms with E-state index in [9.17, 15) is 9.90 Å². The molecule has 1 aromatic carbocycles. The Morgan fingerprint density at radius 3 is 2.83 bits per heavy atom. The van der Waals surface area contributed by atoms with E-state index in [0.717, 1.165) is 18.4 Å². The molecule has 4 nitrogen and oxygen atoms in total. The number of benzene rings is 1. The Hall–Kier alpha value is -1.39. The summed E-state index contributed by atoms with van der Waals surface area (Å²) >= 11 is 0. The van der Waals surface area contributed by atoms with Crippen LogP contribution in [0, 0.1) is 0 Å². The summed E-state index contributed by atoms with van der Waals surface area (Å²) in [6.07, 6.45) is 2.00. The molecule has 2 atom stereocenters. The molecule has 0 spiro atoms. The Morgan fingerprint density at radius 2 is 2.22 bits per heavy atom. The normalized spacial score (nSPS) is 20.6. The van der Waals surface area contributed by atoms with E-state index in [1.165, 1.54) is 0 Å². The van der Waals surface area contributed by atoms with Gasteiger partial charge in [-0.25, -0.2) is 0 Å². The van der Waals surface area contributed by atoms with Crippen LogP contribution in [-0.2, 0) is 16.0 Å². The zero-order valence-corrected chi connectivity index (χ0v) is 10.3. The first-order valence-corrected chi connectivity index (χ1v) is 6.36. The molecule has 0 unspecified atom stereocenters. The van der Waals surface area contributed by atoms with Crippen molar-refractivity contribution >= 4 is 5.91 Å². The van der Waals surface area contributed by atoms with Crippen molar-refractivity contribution in [2.45, 2.75) is 31.4 Å². The summed E-state index contributed by atoms with van der Waals surface area (Å²) in [6, 6.07) is 9.57. The van der Waals surface area contributed by atoms with Gasteiger partial charge in [0.05, 0.1) is 12.6 Å². The van der Waals surface area contributed by atoms with Crippen LogP contribution in [0.3, 0.4) is 0 Å². The molecule has 0 radical (unpaired) electrons. The highest BCUT2D eigenvalue weighted by Gasteiger charge is 2.25. The summed E-state index contributed by atoms with van der Waals surface area (Å²) in [4.78, 5) is 11.9. The highest BCUT2D eigenvalue weighted by atomic mass is 16.5. The molecule has 1 aromatic rings. The zero-order chi connectivity index (χ0) is 12.8. The van der Waals surface area contributed by atoms with E-state index in [-0.39, 0.29) is 24.7 Å². The van der Waals surface area contributed by atoms with Crippen molar-refractivity contribution in [3.05, 3.63) is 35.9 Å². The largest absolute Gasteiger partial charge is 0.394 e. The Kier molecular flexibility index (Phi) is 4.73. The van der Waals surface area contributed by atoms with Crippen LogP contribution in [0.15, 0.2) is 30.3 Å². The van der Waals surface area contributed by atoms with Crippen LogP contribution in [0.2, 0.25) is 0 Å². The van der Waals surface area contributed by atoms with E-state index in [0.29, 0.717) is 13.0 Å². The van der Waals surface area contributed by atoms with Gasteiger partial charge < -0.3 is 15.2 Å². The minimum atomic E-state index is -0.338. The summed E-state index contributed by atoms with van der Waals surface area (Å²) in [5, 5.41) is 12.2. The number of carbonyl (C=O) groups excluding carboxylic acids is 1. The Labute approximate surface area is 107 Å². The third-order valence-corrected chi connectivity index (χ3v) is 3.11. The molecule has 0 saturated carbocycles. The average Bonchev–Trinajstić information content (AvgIpc) is 2.93. The van der Waals surface area contributed by atoms with Gasteiger partial charge in [0.25, 0.3) is 0 Å². The number of amides is 1. The van der Waals surface area contributed by atoms with Crippen LogP contribution in [0.25, 0.3) is 0 Å². The van der Waals surface area contributed by atoms with E-state index in [2.05, 4.69) is 5.32 Å². The highest BCUT2D eigenvalue weighted by Crippen LogP contribution is 2.12. The van der Waals surface area contributed by atoms with E-state index < -0.39 is 0 Å². The van der Waals surface area contributed by atoms with Crippen LogP contribution < -0.4 is 5.32 Å². The van der Waals surface area contributed by atoms with Crippen LogP contribution in [0.1, 0.15) is 18.4 Å². The second kappa shape index (κ2) is 6.52. The maximum atomic E-state index is 11.9. The minimum absolute atomic E-state index is 0.0621. The summed E-state index contributed by atoms with van der Waals surface area (Å²) < 4.78 is 5.32. The Balaban J connectivity index is 1.87. The molecule has 0 aliphatic carbocycles. The van der Waals surface area contributed by atoms with Crippen molar-refractivity contribution in [3.63, 3.8) is 0 Å². The first-order chi connectivity index (χ1) is 8.79. The average molecular weight is 249 g/mol. The van der Waals surface area contributed by atoms with Gasteiger partial charge in [-0.05, 0) is 24.8 Å². The van der Waals surface area contributed by atoms with Crippen molar-refractivity contribution in [1.82, 2.24) is 5.32 Å². The molecule has 1 fully saturated rings. The lowest BCUT2D eigenvalue weighted by Gasteiger charge is -2.18. The van der Waals surface area contributed by atoms with Crippen molar-refractivity contribution in [2.75, 3.05) is 13.2 Å². The van der Waals surface area contributed by atoms with Crippen molar-refractivity contribution < 1.29 is 14.6 Å². The molecule has 1 saturated heterocycles. The van der Waals surface area contributed by atoms with Crippen LogP contribution in [-0.4, -0.2) is 36.4 Å². The number of hydrogen-bond donors (Lipinski definition) is 2. The van der Waals surface area contributed by atoms with E-state index in [4.69, 9.17) is 4.74 Å². The lowest BCUT2D eigenvalue weighted by atomic mass is 10.1. The summed E-state index contributed by atoms with van der Waals surface area (Å²) in [7, 11) is 0. The van der Waals surface area contributed by atoms with Crippen LogP contribution in [0.4, 0.5) is 0 Å². The molecule has 2 N–H and O–H groups in total. The second-order valence-corrected chi connectivity index (χ2v) is 4.58. The number of nitrogens with one attached hydrogen (secondary N) is 1. The van der Waals surface area contributed by atoms with Gasteiger partial charge in [-0.1, -0.05) is 30.3 Å². The summed E-state index contributed by atoms with van der Waals surface area (Å²) in [5.41, 5.74) is 1.10. The van der Waals surface area contributed by atoms with Crippen molar-refractivity contribution in [2.24, 2.45) is 0 Å². The van der Waals surface area contributed by atoms with Gasteiger partial charge in [0.2, 0.25) is 5.91 Å².